The van der Waals surface area contributed by atoms with E-state index in [1.807, 2.05) is 39.0 Å². The van der Waals surface area contributed by atoms with Gasteiger partial charge in [0.05, 0.1) is 35.3 Å². The standard InChI is InChI=1S/C29H30FN5O3/c1-17-24(8-6-19(27(17)30)14-26(36)34-20-15-33-35(16-20)29(2,3)4)38-25-10-12-31-23-7-5-18(13-22(23)25)21-9-11-32-28(21)37/h5-8,10,12-13,15-16,21H,9,11,14H2,1-4H3,(H,32,37)(H,34,36). The lowest BCUT2D eigenvalue weighted by molar-refractivity contribution is -0.120. The Balaban J connectivity index is 1.35. The van der Waals surface area contributed by atoms with Crippen LogP contribution in [0, 0.1) is 12.7 Å². The van der Waals surface area contributed by atoms with Crippen LogP contribution in [0.25, 0.3) is 10.9 Å². The van der Waals surface area contributed by atoms with Gasteiger partial charge in [-0.15, -0.1) is 0 Å². The summed E-state index contributed by atoms with van der Waals surface area (Å²) in [6.07, 6.45) is 5.56. The number of hydrogen-bond acceptors (Lipinski definition) is 5. The maximum Gasteiger partial charge on any atom is 0.228 e. The highest BCUT2D eigenvalue weighted by Crippen LogP contribution is 2.35. The summed E-state index contributed by atoms with van der Waals surface area (Å²) in [6, 6.07) is 10.6. The Bertz CT molecular complexity index is 1540. The van der Waals surface area contributed by atoms with Crippen molar-refractivity contribution in [1.29, 1.82) is 0 Å². The minimum Gasteiger partial charge on any atom is -0.456 e. The fourth-order valence-corrected chi connectivity index (χ4v) is 4.58. The second-order valence-electron chi connectivity index (χ2n) is 10.6. The van der Waals surface area contributed by atoms with Gasteiger partial charge in [0.2, 0.25) is 11.8 Å². The molecule has 1 saturated heterocycles. The summed E-state index contributed by atoms with van der Waals surface area (Å²) in [7, 11) is 0. The number of amides is 2. The zero-order valence-corrected chi connectivity index (χ0v) is 21.8. The van der Waals surface area contributed by atoms with Crippen molar-refractivity contribution in [3.05, 3.63) is 77.5 Å². The van der Waals surface area contributed by atoms with E-state index in [9.17, 15) is 9.59 Å². The third-order valence-corrected chi connectivity index (χ3v) is 6.72. The molecule has 8 nitrogen and oxygen atoms in total. The van der Waals surface area contributed by atoms with Crippen LogP contribution in [0.2, 0.25) is 0 Å². The van der Waals surface area contributed by atoms with Gasteiger partial charge in [0.15, 0.2) is 0 Å². The number of benzene rings is 2. The van der Waals surface area contributed by atoms with Gasteiger partial charge in [0.25, 0.3) is 0 Å². The van der Waals surface area contributed by atoms with Gasteiger partial charge in [-0.1, -0.05) is 12.1 Å². The van der Waals surface area contributed by atoms with E-state index in [1.54, 1.807) is 48.4 Å². The fraction of sp³-hybridized carbons (Fsp3) is 0.310. The highest BCUT2D eigenvalue weighted by molar-refractivity contribution is 5.92. The quantitative estimate of drug-likeness (QED) is 0.367. The largest absolute Gasteiger partial charge is 0.456 e. The molecule has 0 aliphatic carbocycles. The summed E-state index contributed by atoms with van der Waals surface area (Å²) >= 11 is 0. The smallest absolute Gasteiger partial charge is 0.228 e. The Morgan fingerprint density at radius 1 is 1.21 bits per heavy atom. The Kier molecular flexibility index (Phi) is 6.60. The minimum atomic E-state index is -0.496. The van der Waals surface area contributed by atoms with Gasteiger partial charge in [0, 0.05) is 29.9 Å². The number of carbonyl (C=O) groups excluding carboxylic acids is 2. The molecule has 2 amide bonds. The first kappa shape index (κ1) is 25.4. The second-order valence-corrected chi connectivity index (χ2v) is 10.6. The van der Waals surface area contributed by atoms with E-state index in [2.05, 4.69) is 20.7 Å². The zero-order chi connectivity index (χ0) is 27.0. The van der Waals surface area contributed by atoms with Crippen LogP contribution in [0.15, 0.2) is 55.0 Å². The number of halogens is 1. The van der Waals surface area contributed by atoms with Crippen molar-refractivity contribution < 1.29 is 18.7 Å². The summed E-state index contributed by atoms with van der Waals surface area (Å²) in [5, 5.41) is 10.7. The molecular formula is C29H30FN5O3. The number of nitrogens with zero attached hydrogens (tertiary/aromatic N) is 3. The van der Waals surface area contributed by atoms with Gasteiger partial charge >= 0.3 is 0 Å². The molecule has 4 aromatic rings. The van der Waals surface area contributed by atoms with Gasteiger partial charge in [-0.25, -0.2) is 4.39 Å². The number of carbonyl (C=O) groups is 2. The molecule has 0 saturated carbocycles. The van der Waals surface area contributed by atoms with Crippen molar-refractivity contribution in [3.63, 3.8) is 0 Å². The fourth-order valence-electron chi connectivity index (χ4n) is 4.58. The average molecular weight is 516 g/mol. The number of pyridine rings is 1. The molecule has 5 rings (SSSR count). The zero-order valence-electron chi connectivity index (χ0n) is 21.8. The number of anilines is 1. The summed E-state index contributed by atoms with van der Waals surface area (Å²) in [5.41, 5.74) is 2.51. The van der Waals surface area contributed by atoms with Gasteiger partial charge in [-0.3, -0.25) is 19.3 Å². The Morgan fingerprint density at radius 3 is 2.74 bits per heavy atom. The third kappa shape index (κ3) is 5.09. The van der Waals surface area contributed by atoms with Crippen LogP contribution in [0.4, 0.5) is 10.1 Å². The Hall–Kier alpha value is -4.27. The second kappa shape index (κ2) is 9.89. The lowest BCUT2D eigenvalue weighted by Gasteiger charge is -2.18. The van der Waals surface area contributed by atoms with Gasteiger partial charge in [0.1, 0.15) is 17.3 Å². The molecule has 38 heavy (non-hydrogen) atoms. The van der Waals surface area contributed by atoms with Crippen molar-refractivity contribution in [3.8, 4) is 11.5 Å². The number of nitrogens with one attached hydrogen (secondary N) is 2. The van der Waals surface area contributed by atoms with E-state index in [-0.39, 0.29) is 35.3 Å². The van der Waals surface area contributed by atoms with Crippen LogP contribution in [0.1, 0.15) is 49.8 Å². The molecule has 196 valence electrons. The van der Waals surface area contributed by atoms with Crippen LogP contribution >= 0.6 is 0 Å². The van der Waals surface area contributed by atoms with Crippen LogP contribution in [-0.2, 0) is 21.5 Å². The maximum atomic E-state index is 15.3. The predicted molar refractivity (Wildman–Crippen MR) is 143 cm³/mol. The topological polar surface area (TPSA) is 98.1 Å². The number of ether oxygens (including phenoxy) is 1. The monoisotopic (exact) mass is 515 g/mol. The highest BCUT2D eigenvalue weighted by Gasteiger charge is 2.26. The molecule has 2 N–H and O–H groups in total. The summed E-state index contributed by atoms with van der Waals surface area (Å²) in [6.45, 7) is 8.30. The molecule has 9 heteroatoms. The van der Waals surface area contributed by atoms with E-state index < -0.39 is 5.82 Å². The van der Waals surface area contributed by atoms with E-state index in [0.29, 0.717) is 34.8 Å². The molecular weight excluding hydrogens is 485 g/mol. The van der Waals surface area contributed by atoms with Gasteiger partial charge in [-0.2, -0.15) is 5.10 Å². The van der Waals surface area contributed by atoms with Crippen molar-refractivity contribution >= 4 is 28.4 Å². The van der Waals surface area contributed by atoms with E-state index in [4.69, 9.17) is 4.74 Å². The molecule has 1 aliphatic heterocycles. The summed E-state index contributed by atoms with van der Waals surface area (Å²) in [4.78, 5) is 29.2. The molecule has 1 unspecified atom stereocenters. The lowest BCUT2D eigenvalue weighted by Crippen LogP contribution is -2.22. The predicted octanol–water partition coefficient (Wildman–Crippen LogP) is 5.21. The average Bonchev–Trinajstić information content (AvgIpc) is 3.52. The normalized spacial score (nSPS) is 15.5. The summed E-state index contributed by atoms with van der Waals surface area (Å²) in [5.74, 6) is -0.177. The molecule has 1 aliphatic rings. The van der Waals surface area contributed by atoms with E-state index in [0.717, 1.165) is 17.4 Å². The minimum absolute atomic E-state index is 0.0104. The number of hydrogen-bond donors (Lipinski definition) is 2. The van der Waals surface area contributed by atoms with Gasteiger partial charge < -0.3 is 15.4 Å². The first-order valence-electron chi connectivity index (χ1n) is 12.6. The first-order chi connectivity index (χ1) is 18.1. The molecule has 1 atom stereocenters. The number of fused-ring (bicyclic) bond motifs is 1. The highest BCUT2D eigenvalue weighted by atomic mass is 19.1. The molecule has 0 bridgehead atoms. The molecule has 0 radical (unpaired) electrons. The van der Waals surface area contributed by atoms with Crippen LogP contribution < -0.4 is 15.4 Å². The Labute approximate surface area is 220 Å². The van der Waals surface area contributed by atoms with Crippen LogP contribution in [-0.4, -0.2) is 33.1 Å². The lowest BCUT2D eigenvalue weighted by atomic mass is 9.96. The van der Waals surface area contributed by atoms with Crippen molar-refractivity contribution in [2.75, 3.05) is 11.9 Å². The maximum absolute atomic E-state index is 15.3. The third-order valence-electron chi connectivity index (χ3n) is 6.72. The Morgan fingerprint density at radius 2 is 2.03 bits per heavy atom. The molecule has 2 aromatic carbocycles. The molecule has 3 heterocycles. The van der Waals surface area contributed by atoms with Gasteiger partial charge in [-0.05, 0) is 69.5 Å². The number of aromatic nitrogens is 3. The van der Waals surface area contributed by atoms with Crippen molar-refractivity contribution in [2.45, 2.75) is 52.0 Å². The summed E-state index contributed by atoms with van der Waals surface area (Å²) < 4.78 is 23.2. The molecule has 0 spiro atoms. The molecule has 2 aromatic heterocycles. The SMILES string of the molecule is Cc1c(Oc2ccnc3ccc(C4CCNC4=O)cc23)ccc(CC(=O)Nc2cnn(C(C)(C)C)c2)c1F. The van der Waals surface area contributed by atoms with E-state index in [1.165, 1.54) is 0 Å². The van der Waals surface area contributed by atoms with Crippen molar-refractivity contribution in [1.82, 2.24) is 20.1 Å². The number of rotatable bonds is 6. The van der Waals surface area contributed by atoms with Crippen molar-refractivity contribution in [2.24, 2.45) is 0 Å². The van der Waals surface area contributed by atoms with Crippen LogP contribution in [0.5, 0.6) is 11.5 Å². The van der Waals surface area contributed by atoms with E-state index >= 15 is 4.39 Å². The van der Waals surface area contributed by atoms with Crippen LogP contribution in [0.3, 0.4) is 0 Å². The first-order valence-corrected chi connectivity index (χ1v) is 12.6. The molecule has 1 fully saturated rings.